The summed E-state index contributed by atoms with van der Waals surface area (Å²) in [7, 11) is 0. The predicted molar refractivity (Wildman–Crippen MR) is 168 cm³/mol. The van der Waals surface area contributed by atoms with Crippen molar-refractivity contribution in [1.29, 1.82) is 0 Å². The SMILES string of the molecule is CC(C)(C)OC(=O)NCCCC(=O)O[C@@H](Cn1c(-c2ccc(Cl)cc2)nn(Cc2nc(C(N)=O)n(-c3ncccc3C(F)(F)F)n2)c1=O)C(F)(F)F. The van der Waals surface area contributed by atoms with Crippen LogP contribution in [0.25, 0.3) is 17.2 Å². The largest absolute Gasteiger partial charge is 0.451 e. The Kier molecular flexibility index (Phi) is 11.7. The summed E-state index contributed by atoms with van der Waals surface area (Å²) in [4.78, 5) is 57.5. The summed E-state index contributed by atoms with van der Waals surface area (Å²) in [6.45, 7) is 2.70. The molecule has 0 unspecified atom stereocenters. The van der Waals surface area contributed by atoms with Gasteiger partial charge in [0.15, 0.2) is 17.5 Å². The topological polar surface area (TPSA) is 191 Å². The highest BCUT2D eigenvalue weighted by atomic mass is 35.5. The molecule has 2 amide bonds. The number of halogens is 7. The Balaban J connectivity index is 1.65. The Hall–Kier alpha value is -5.47. The number of carbonyl (C=O) groups excluding carboxylic acids is 3. The second kappa shape index (κ2) is 15.4. The molecule has 3 N–H and O–H groups in total. The highest BCUT2D eigenvalue weighted by Crippen LogP contribution is 2.33. The standard InChI is InChI=1S/C30H30ClF6N9O6/c1-28(2,3)52-26(49)40-13-5-7-21(47)51-19(30(35,36)37)14-44-23(16-8-10-17(31)11-9-16)43-45(27(44)50)15-20-41-25(22(38)48)46(42-20)24-18(29(32,33)34)6-4-12-39-24/h4,6,8-12,19H,5,7,13-15H2,1-3H3,(H2,38,48)(H,40,49)/t19-/m0/s1. The van der Waals surface area contributed by atoms with E-state index in [2.05, 4.69) is 25.5 Å². The van der Waals surface area contributed by atoms with Gasteiger partial charge in [-0.1, -0.05) is 11.6 Å². The van der Waals surface area contributed by atoms with Gasteiger partial charge in [0.25, 0.3) is 5.91 Å². The number of rotatable bonds is 12. The van der Waals surface area contributed by atoms with Crippen molar-refractivity contribution in [3.8, 4) is 17.2 Å². The van der Waals surface area contributed by atoms with Crippen LogP contribution in [0.1, 0.15) is 55.6 Å². The van der Waals surface area contributed by atoms with Gasteiger partial charge in [-0.05, 0) is 63.6 Å². The van der Waals surface area contributed by atoms with Crippen LogP contribution in [0.2, 0.25) is 5.02 Å². The van der Waals surface area contributed by atoms with Gasteiger partial charge in [-0.3, -0.25) is 14.2 Å². The molecule has 3 aromatic heterocycles. The van der Waals surface area contributed by atoms with Crippen molar-refractivity contribution in [1.82, 2.24) is 39.4 Å². The van der Waals surface area contributed by atoms with E-state index in [1.54, 1.807) is 20.8 Å². The molecular weight excluding hydrogens is 732 g/mol. The zero-order valence-electron chi connectivity index (χ0n) is 27.5. The van der Waals surface area contributed by atoms with E-state index in [9.17, 15) is 45.5 Å². The fourth-order valence-corrected chi connectivity index (χ4v) is 4.63. The summed E-state index contributed by atoms with van der Waals surface area (Å²) >= 11 is 5.95. The maximum atomic E-state index is 14.2. The highest BCUT2D eigenvalue weighted by molar-refractivity contribution is 6.30. The maximum Gasteiger partial charge on any atom is 0.427 e. The highest BCUT2D eigenvalue weighted by Gasteiger charge is 2.44. The lowest BCUT2D eigenvalue weighted by molar-refractivity contribution is -0.224. The van der Waals surface area contributed by atoms with Gasteiger partial charge in [0, 0.05) is 29.7 Å². The molecule has 1 aromatic carbocycles. The van der Waals surface area contributed by atoms with Crippen molar-refractivity contribution in [3.63, 3.8) is 0 Å². The summed E-state index contributed by atoms with van der Waals surface area (Å²) in [6.07, 6.45) is -13.4. The normalized spacial score (nSPS) is 12.7. The fraction of sp³-hybridized carbons (Fsp3) is 0.400. The number of aromatic nitrogens is 7. The second-order valence-electron chi connectivity index (χ2n) is 11.9. The Labute approximate surface area is 294 Å². The number of alkyl carbamates (subject to hydrolysis) is 1. The number of carbonyl (C=O) groups is 3. The third-order valence-corrected chi connectivity index (χ3v) is 6.95. The molecule has 0 spiro atoms. The van der Waals surface area contributed by atoms with E-state index in [-0.39, 0.29) is 29.4 Å². The smallest absolute Gasteiger partial charge is 0.427 e. The van der Waals surface area contributed by atoms with Crippen LogP contribution in [0.15, 0.2) is 47.4 Å². The molecule has 0 saturated carbocycles. The fourth-order valence-electron chi connectivity index (χ4n) is 4.50. The molecule has 0 saturated heterocycles. The number of nitrogens with one attached hydrogen (secondary N) is 1. The van der Waals surface area contributed by atoms with Gasteiger partial charge in [0.05, 0.1) is 6.54 Å². The van der Waals surface area contributed by atoms with Crippen LogP contribution in [-0.2, 0) is 33.5 Å². The van der Waals surface area contributed by atoms with Crippen molar-refractivity contribution < 1.29 is 50.2 Å². The molecule has 1 atom stereocenters. The molecule has 3 heterocycles. The summed E-state index contributed by atoms with van der Waals surface area (Å²) in [6, 6.07) is 7.08. The molecule has 4 rings (SSSR count). The lowest BCUT2D eigenvalue weighted by Crippen LogP contribution is -2.40. The zero-order chi connectivity index (χ0) is 38.6. The van der Waals surface area contributed by atoms with E-state index >= 15 is 0 Å². The number of nitrogens with two attached hydrogens (primary N) is 1. The number of benzene rings is 1. The molecule has 0 aliphatic rings. The molecule has 22 heteroatoms. The molecule has 15 nitrogen and oxygen atoms in total. The zero-order valence-corrected chi connectivity index (χ0v) is 28.2. The number of primary amides is 1. The molecule has 52 heavy (non-hydrogen) atoms. The quantitative estimate of drug-likeness (QED) is 0.120. The number of nitrogens with zero attached hydrogens (tertiary/aromatic N) is 7. The van der Waals surface area contributed by atoms with E-state index in [4.69, 9.17) is 26.8 Å². The Morgan fingerprint density at radius 2 is 1.69 bits per heavy atom. The summed E-state index contributed by atoms with van der Waals surface area (Å²) in [5.41, 5.74) is 2.12. The van der Waals surface area contributed by atoms with Crippen molar-refractivity contribution in [3.05, 3.63) is 75.3 Å². The van der Waals surface area contributed by atoms with Crippen LogP contribution in [0.4, 0.5) is 31.1 Å². The third kappa shape index (κ3) is 10.1. The molecule has 0 bridgehead atoms. The van der Waals surface area contributed by atoms with Crippen molar-refractivity contribution in [2.45, 2.75) is 70.8 Å². The van der Waals surface area contributed by atoms with E-state index in [1.807, 2.05) is 0 Å². The number of hydrogen-bond donors (Lipinski definition) is 2. The number of alkyl halides is 6. The molecule has 4 aromatic rings. The lowest BCUT2D eigenvalue weighted by atomic mass is 10.2. The van der Waals surface area contributed by atoms with Crippen LogP contribution >= 0.6 is 11.6 Å². The number of ether oxygens (including phenoxy) is 2. The minimum absolute atomic E-state index is 0.0975. The van der Waals surface area contributed by atoms with Crippen LogP contribution in [-0.4, -0.2) is 76.5 Å². The van der Waals surface area contributed by atoms with Gasteiger partial charge in [-0.2, -0.15) is 31.0 Å². The number of esters is 1. The van der Waals surface area contributed by atoms with Gasteiger partial charge >= 0.3 is 30.1 Å². The first kappa shape index (κ1) is 39.3. The van der Waals surface area contributed by atoms with Crippen LogP contribution < -0.4 is 16.7 Å². The second-order valence-corrected chi connectivity index (χ2v) is 12.4. The van der Waals surface area contributed by atoms with E-state index in [0.29, 0.717) is 20.0 Å². The van der Waals surface area contributed by atoms with E-state index in [1.165, 1.54) is 24.3 Å². The Morgan fingerprint density at radius 3 is 2.29 bits per heavy atom. The van der Waals surface area contributed by atoms with Gasteiger partial charge in [0.2, 0.25) is 11.9 Å². The molecule has 0 aliphatic heterocycles. The Morgan fingerprint density at radius 1 is 1.02 bits per heavy atom. The molecule has 0 radical (unpaired) electrons. The monoisotopic (exact) mass is 761 g/mol. The summed E-state index contributed by atoms with van der Waals surface area (Å²) in [5.74, 6) is -5.10. The van der Waals surface area contributed by atoms with Crippen molar-refractivity contribution >= 4 is 29.6 Å². The number of amides is 2. The molecule has 0 fully saturated rings. The van der Waals surface area contributed by atoms with Gasteiger partial charge in [-0.25, -0.2) is 24.2 Å². The molecule has 280 valence electrons. The summed E-state index contributed by atoms with van der Waals surface area (Å²) in [5, 5.41) is 10.6. The maximum absolute atomic E-state index is 14.2. The molecule has 0 aliphatic carbocycles. The average Bonchev–Trinajstić information content (AvgIpc) is 3.59. The van der Waals surface area contributed by atoms with Crippen LogP contribution in [0.5, 0.6) is 0 Å². The first-order valence-electron chi connectivity index (χ1n) is 15.1. The molecular formula is C30H30ClF6N9O6. The van der Waals surface area contributed by atoms with Crippen molar-refractivity contribution in [2.75, 3.05) is 6.54 Å². The first-order valence-corrected chi connectivity index (χ1v) is 15.5. The lowest BCUT2D eigenvalue weighted by Gasteiger charge is -2.21. The van der Waals surface area contributed by atoms with Crippen LogP contribution in [0, 0.1) is 0 Å². The van der Waals surface area contributed by atoms with Gasteiger partial charge in [-0.15, -0.1) is 10.2 Å². The third-order valence-electron chi connectivity index (χ3n) is 6.69. The average molecular weight is 762 g/mol. The van der Waals surface area contributed by atoms with Gasteiger partial charge < -0.3 is 20.5 Å². The first-order chi connectivity index (χ1) is 24.1. The van der Waals surface area contributed by atoms with Gasteiger partial charge in [0.1, 0.15) is 17.7 Å². The van der Waals surface area contributed by atoms with E-state index in [0.717, 1.165) is 12.3 Å². The minimum atomic E-state index is -5.18. The predicted octanol–water partition coefficient (Wildman–Crippen LogP) is 4.29. The Bertz CT molecular complexity index is 1980. The summed E-state index contributed by atoms with van der Waals surface area (Å²) < 4.78 is 95.2. The minimum Gasteiger partial charge on any atom is -0.451 e. The van der Waals surface area contributed by atoms with Crippen LogP contribution in [0.3, 0.4) is 0 Å². The van der Waals surface area contributed by atoms with E-state index < -0.39 is 90.3 Å². The number of pyridine rings is 1. The van der Waals surface area contributed by atoms with Crippen molar-refractivity contribution in [2.24, 2.45) is 5.73 Å². The number of hydrogen-bond acceptors (Lipinski definition) is 10.